The summed E-state index contributed by atoms with van der Waals surface area (Å²) in [5.41, 5.74) is 0. The molecule has 0 radical (unpaired) electrons. The summed E-state index contributed by atoms with van der Waals surface area (Å²) in [6.45, 7) is 0.745. The number of likely N-dealkylation sites (tertiary alicyclic amines) is 1. The summed E-state index contributed by atoms with van der Waals surface area (Å²) in [7, 11) is 0. The maximum atomic E-state index is 9.39. The zero-order valence-electron chi connectivity index (χ0n) is 7.12. The van der Waals surface area contributed by atoms with Crippen molar-refractivity contribution in [3.63, 3.8) is 0 Å². The minimum Gasteiger partial charge on any atom is -0.378 e. The highest BCUT2D eigenvalue weighted by molar-refractivity contribution is 6.17. The molecule has 0 bridgehead atoms. The second kappa shape index (κ2) is 5.02. The molecule has 12 heavy (non-hydrogen) atoms. The largest absolute Gasteiger partial charge is 0.378 e. The normalized spacial score (nSPS) is 31.2. The summed E-state index contributed by atoms with van der Waals surface area (Å²) in [6, 6.07) is 0. The van der Waals surface area contributed by atoms with Crippen LogP contribution < -0.4 is 0 Å². The summed E-state index contributed by atoms with van der Waals surface area (Å²) in [5.74, 6) is 0.653. The van der Waals surface area contributed by atoms with Crippen molar-refractivity contribution in [3.05, 3.63) is 0 Å². The van der Waals surface area contributed by atoms with Crippen LogP contribution >= 0.6 is 11.6 Å². The van der Waals surface area contributed by atoms with E-state index in [4.69, 9.17) is 11.6 Å². The molecular weight excluding hydrogens is 178 g/mol. The van der Waals surface area contributed by atoms with Crippen molar-refractivity contribution in [1.82, 2.24) is 4.90 Å². The van der Waals surface area contributed by atoms with Crippen molar-refractivity contribution in [2.24, 2.45) is 0 Å². The van der Waals surface area contributed by atoms with E-state index in [2.05, 4.69) is 0 Å². The van der Waals surface area contributed by atoms with Crippen LogP contribution in [0.3, 0.4) is 0 Å². The lowest BCUT2D eigenvalue weighted by Crippen LogP contribution is -2.36. The molecule has 72 valence electrons. The molecule has 0 spiro atoms. The average Bonchev–Trinajstić information content (AvgIpc) is 2.35. The minimum absolute atomic E-state index is 0.449. The molecule has 0 saturated carbocycles. The number of aliphatic hydroxyl groups excluding tert-OH is 2. The van der Waals surface area contributed by atoms with Gasteiger partial charge in [-0.15, -0.1) is 11.6 Å². The van der Waals surface area contributed by atoms with Crippen LogP contribution in [0, 0.1) is 0 Å². The molecule has 2 unspecified atom stereocenters. The third-order valence-corrected chi connectivity index (χ3v) is 2.52. The molecule has 0 aliphatic carbocycles. The van der Waals surface area contributed by atoms with E-state index in [1.165, 1.54) is 0 Å². The summed E-state index contributed by atoms with van der Waals surface area (Å²) >= 11 is 5.52. The molecule has 0 aromatic heterocycles. The molecule has 0 amide bonds. The van der Waals surface area contributed by atoms with Gasteiger partial charge in [-0.2, -0.15) is 0 Å². The van der Waals surface area contributed by atoms with E-state index in [0.29, 0.717) is 18.7 Å². The van der Waals surface area contributed by atoms with Crippen LogP contribution in [0.4, 0.5) is 0 Å². The number of halogens is 1. The van der Waals surface area contributed by atoms with Crippen LogP contribution in [0.15, 0.2) is 0 Å². The van der Waals surface area contributed by atoms with Crippen LogP contribution in [0.25, 0.3) is 0 Å². The first-order valence-electron chi connectivity index (χ1n) is 4.43. The number of rotatable bonds is 4. The van der Waals surface area contributed by atoms with Crippen LogP contribution in [0.1, 0.15) is 25.7 Å². The van der Waals surface area contributed by atoms with Crippen LogP contribution in [-0.2, 0) is 0 Å². The van der Waals surface area contributed by atoms with Gasteiger partial charge in [0, 0.05) is 12.4 Å². The molecule has 1 rings (SSSR count). The van der Waals surface area contributed by atoms with Crippen molar-refractivity contribution < 1.29 is 10.2 Å². The Morgan fingerprint density at radius 2 is 1.75 bits per heavy atom. The lowest BCUT2D eigenvalue weighted by molar-refractivity contribution is -0.0531. The summed E-state index contributed by atoms with van der Waals surface area (Å²) in [6.07, 6.45) is 2.35. The van der Waals surface area contributed by atoms with Crippen molar-refractivity contribution in [3.8, 4) is 0 Å². The molecular formula is C8H16ClNO2. The van der Waals surface area contributed by atoms with Crippen LogP contribution in [0.5, 0.6) is 0 Å². The molecule has 0 aromatic rings. The van der Waals surface area contributed by atoms with E-state index in [1.54, 1.807) is 4.90 Å². The number of nitrogens with zero attached hydrogens (tertiary/aromatic N) is 1. The molecule has 2 N–H and O–H groups in total. The molecule has 1 aliphatic rings. The first-order chi connectivity index (χ1) is 5.75. The first kappa shape index (κ1) is 10.3. The predicted molar refractivity (Wildman–Crippen MR) is 47.9 cm³/mol. The monoisotopic (exact) mass is 193 g/mol. The van der Waals surface area contributed by atoms with E-state index in [-0.39, 0.29) is 0 Å². The van der Waals surface area contributed by atoms with E-state index in [9.17, 15) is 10.2 Å². The zero-order valence-corrected chi connectivity index (χ0v) is 7.87. The van der Waals surface area contributed by atoms with E-state index in [1.807, 2.05) is 0 Å². The Morgan fingerprint density at radius 1 is 1.17 bits per heavy atom. The third kappa shape index (κ3) is 2.59. The fourth-order valence-electron chi connectivity index (χ4n) is 1.52. The van der Waals surface area contributed by atoms with Crippen molar-refractivity contribution in [2.75, 3.05) is 12.4 Å². The average molecular weight is 194 g/mol. The number of hydrogen-bond donors (Lipinski definition) is 2. The fraction of sp³-hybridized carbons (Fsp3) is 1.00. The summed E-state index contributed by atoms with van der Waals surface area (Å²) < 4.78 is 0. The molecule has 3 nitrogen and oxygen atoms in total. The molecule has 1 heterocycles. The lowest BCUT2D eigenvalue weighted by Gasteiger charge is -2.23. The van der Waals surface area contributed by atoms with Gasteiger partial charge in [0.1, 0.15) is 12.5 Å². The highest BCUT2D eigenvalue weighted by atomic mass is 35.5. The fourth-order valence-corrected chi connectivity index (χ4v) is 1.70. The van der Waals surface area contributed by atoms with Crippen LogP contribution in [0.2, 0.25) is 0 Å². The Labute approximate surface area is 77.9 Å². The minimum atomic E-state index is -0.449. The molecule has 1 aliphatic heterocycles. The standard InChI is InChI=1S/C8H16ClNO2/c9-5-1-2-6-10-7(11)3-4-8(10)12/h7-8,11-12H,1-6H2. The quantitative estimate of drug-likeness (QED) is 0.511. The van der Waals surface area contributed by atoms with Gasteiger partial charge in [-0.3, -0.25) is 4.90 Å². The maximum absolute atomic E-state index is 9.39. The van der Waals surface area contributed by atoms with Gasteiger partial charge in [0.25, 0.3) is 0 Å². The summed E-state index contributed by atoms with van der Waals surface area (Å²) in [5, 5.41) is 18.8. The van der Waals surface area contributed by atoms with Crippen molar-refractivity contribution >= 4 is 11.6 Å². The van der Waals surface area contributed by atoms with Gasteiger partial charge >= 0.3 is 0 Å². The SMILES string of the molecule is OC1CCC(O)N1CCCCCl. The Bertz CT molecular complexity index is 124. The van der Waals surface area contributed by atoms with Gasteiger partial charge in [0.2, 0.25) is 0 Å². The number of aliphatic hydroxyl groups is 2. The van der Waals surface area contributed by atoms with Crippen LogP contribution in [-0.4, -0.2) is 40.0 Å². The van der Waals surface area contributed by atoms with E-state index in [0.717, 1.165) is 19.4 Å². The molecule has 1 saturated heterocycles. The van der Waals surface area contributed by atoms with Gasteiger partial charge < -0.3 is 10.2 Å². The zero-order chi connectivity index (χ0) is 8.97. The highest BCUT2D eigenvalue weighted by Gasteiger charge is 2.29. The summed E-state index contributed by atoms with van der Waals surface area (Å²) in [4.78, 5) is 1.73. The molecule has 2 atom stereocenters. The third-order valence-electron chi connectivity index (χ3n) is 2.25. The maximum Gasteiger partial charge on any atom is 0.109 e. The number of alkyl halides is 1. The number of unbranched alkanes of at least 4 members (excludes halogenated alkanes) is 1. The molecule has 0 aromatic carbocycles. The Balaban J connectivity index is 2.20. The second-order valence-corrected chi connectivity index (χ2v) is 3.55. The number of hydrogen-bond acceptors (Lipinski definition) is 3. The predicted octanol–water partition coefficient (Wildman–Crippen LogP) is 0.738. The van der Waals surface area contributed by atoms with Gasteiger partial charge in [-0.1, -0.05) is 0 Å². The van der Waals surface area contributed by atoms with E-state index >= 15 is 0 Å². The van der Waals surface area contributed by atoms with Crippen molar-refractivity contribution in [2.45, 2.75) is 38.1 Å². The Morgan fingerprint density at radius 3 is 2.25 bits per heavy atom. The molecule has 1 fully saturated rings. The van der Waals surface area contributed by atoms with Gasteiger partial charge in [0.05, 0.1) is 0 Å². The Hall–Kier alpha value is 0.170. The highest BCUT2D eigenvalue weighted by Crippen LogP contribution is 2.20. The van der Waals surface area contributed by atoms with Gasteiger partial charge in [-0.25, -0.2) is 0 Å². The topological polar surface area (TPSA) is 43.7 Å². The second-order valence-electron chi connectivity index (χ2n) is 3.17. The van der Waals surface area contributed by atoms with E-state index < -0.39 is 12.5 Å². The first-order valence-corrected chi connectivity index (χ1v) is 4.97. The van der Waals surface area contributed by atoms with Gasteiger partial charge in [0.15, 0.2) is 0 Å². The molecule has 4 heteroatoms. The van der Waals surface area contributed by atoms with Crippen molar-refractivity contribution in [1.29, 1.82) is 0 Å². The smallest absolute Gasteiger partial charge is 0.109 e. The lowest BCUT2D eigenvalue weighted by atomic mass is 10.3. The van der Waals surface area contributed by atoms with Gasteiger partial charge in [-0.05, 0) is 25.7 Å². The Kier molecular flexibility index (Phi) is 4.29.